The summed E-state index contributed by atoms with van der Waals surface area (Å²) in [5, 5.41) is 14.0. The predicted molar refractivity (Wildman–Crippen MR) is 167 cm³/mol. The molecule has 232 valence electrons. The number of rotatable bonds is 11. The van der Waals surface area contributed by atoms with Crippen LogP contribution in [-0.4, -0.2) is 82.4 Å². The summed E-state index contributed by atoms with van der Waals surface area (Å²) in [6, 6.07) is 7.44. The first kappa shape index (κ1) is 31.8. The van der Waals surface area contributed by atoms with Crippen LogP contribution in [0.25, 0.3) is 10.9 Å². The van der Waals surface area contributed by atoms with E-state index in [-0.39, 0.29) is 17.7 Å². The Morgan fingerprint density at radius 3 is 2.49 bits per heavy atom. The van der Waals surface area contributed by atoms with Gasteiger partial charge in [0.1, 0.15) is 11.6 Å². The molecule has 0 aliphatic carbocycles. The molecular weight excluding hydrogens is 546 g/mol. The highest BCUT2D eigenvalue weighted by molar-refractivity contribution is 5.89. The Hall–Kier alpha value is -4.15. The first-order valence-electron chi connectivity index (χ1n) is 15.1. The van der Waals surface area contributed by atoms with Gasteiger partial charge in [-0.2, -0.15) is 5.10 Å². The summed E-state index contributed by atoms with van der Waals surface area (Å²) in [6.07, 6.45) is 7.23. The van der Waals surface area contributed by atoms with Crippen molar-refractivity contribution in [3.05, 3.63) is 54.0 Å². The van der Waals surface area contributed by atoms with Crippen molar-refractivity contribution in [2.24, 2.45) is 5.92 Å². The van der Waals surface area contributed by atoms with Crippen LogP contribution in [-0.2, 0) is 20.7 Å². The number of aromatic amines is 1. The molecule has 0 bridgehead atoms. The fraction of sp³-hybridized carbons (Fsp3) is 0.531. The summed E-state index contributed by atoms with van der Waals surface area (Å²) in [5.74, 6) is -0.535. The van der Waals surface area contributed by atoms with E-state index in [0.29, 0.717) is 58.4 Å². The molecule has 11 nitrogen and oxygen atoms in total. The topological polar surface area (TPSA) is 133 Å². The highest BCUT2D eigenvalue weighted by Crippen LogP contribution is 2.21. The van der Waals surface area contributed by atoms with E-state index in [1.165, 1.54) is 0 Å². The predicted octanol–water partition coefficient (Wildman–Crippen LogP) is 3.97. The van der Waals surface area contributed by atoms with Gasteiger partial charge in [-0.15, -0.1) is 0 Å². The number of carbonyl (C=O) groups is 3. The average molecular weight is 592 g/mol. The van der Waals surface area contributed by atoms with E-state index >= 15 is 0 Å². The number of pyridine rings is 1. The molecule has 1 fully saturated rings. The first-order valence-corrected chi connectivity index (χ1v) is 15.1. The van der Waals surface area contributed by atoms with Crippen LogP contribution in [0.2, 0.25) is 0 Å². The number of aryl methyl sites for hydroxylation is 1. The monoisotopic (exact) mass is 591 g/mol. The maximum absolute atomic E-state index is 13.7. The van der Waals surface area contributed by atoms with Gasteiger partial charge in [0.25, 0.3) is 0 Å². The van der Waals surface area contributed by atoms with Crippen molar-refractivity contribution in [1.82, 2.24) is 30.7 Å². The lowest BCUT2D eigenvalue weighted by atomic mass is 9.97. The lowest BCUT2D eigenvalue weighted by molar-refractivity contribution is -0.137. The van der Waals surface area contributed by atoms with Crippen LogP contribution in [0.1, 0.15) is 58.1 Å². The number of hydrogen-bond acceptors (Lipinski definition) is 7. The van der Waals surface area contributed by atoms with Crippen molar-refractivity contribution in [3.63, 3.8) is 0 Å². The van der Waals surface area contributed by atoms with Crippen molar-refractivity contribution >= 4 is 34.5 Å². The van der Waals surface area contributed by atoms with Crippen molar-refractivity contribution < 1.29 is 19.1 Å². The number of unbranched alkanes of at least 4 members (excludes halogenated alkanes) is 1. The van der Waals surface area contributed by atoms with Gasteiger partial charge in [0.15, 0.2) is 0 Å². The molecule has 3 heterocycles. The van der Waals surface area contributed by atoms with Crippen LogP contribution >= 0.6 is 0 Å². The molecule has 43 heavy (non-hydrogen) atoms. The standard InChI is InChI=1S/C32H45N7O4/c1-22-18-24(20-25-21-35-37-28(22)25)19-23(2)29(40)36-27(8-6-7-11-34-31(42)43-32(3,4)5)30(41)39-16-14-38(15-17-39)26-9-12-33-13-10-26/h9-10,12-13,18,20-21,23,27H,6-8,11,14-17,19H2,1-5H3,(H,34,42)(H,35,37)(H,36,40)/t23-,27-/m1/s1. The van der Waals surface area contributed by atoms with E-state index in [9.17, 15) is 14.4 Å². The number of nitrogens with one attached hydrogen (secondary N) is 3. The van der Waals surface area contributed by atoms with Gasteiger partial charge >= 0.3 is 6.09 Å². The average Bonchev–Trinajstić information content (AvgIpc) is 3.45. The van der Waals surface area contributed by atoms with Crippen LogP contribution < -0.4 is 15.5 Å². The normalized spacial score (nSPS) is 15.2. The van der Waals surface area contributed by atoms with Crippen LogP contribution in [0.5, 0.6) is 0 Å². The molecule has 1 aromatic carbocycles. The molecule has 3 amide bonds. The number of hydrogen-bond donors (Lipinski definition) is 3. The highest BCUT2D eigenvalue weighted by Gasteiger charge is 2.30. The number of piperazine rings is 1. The van der Waals surface area contributed by atoms with E-state index in [1.54, 1.807) is 18.6 Å². The van der Waals surface area contributed by atoms with Gasteiger partial charge in [-0.3, -0.25) is 19.7 Å². The molecule has 0 unspecified atom stereocenters. The maximum atomic E-state index is 13.7. The fourth-order valence-electron chi connectivity index (χ4n) is 5.39. The lowest BCUT2D eigenvalue weighted by Crippen LogP contribution is -2.55. The number of benzene rings is 1. The van der Waals surface area contributed by atoms with Crippen molar-refractivity contribution in [1.29, 1.82) is 0 Å². The number of H-pyrrole nitrogens is 1. The number of ether oxygens (including phenoxy) is 1. The third-order valence-corrected chi connectivity index (χ3v) is 7.62. The molecule has 3 N–H and O–H groups in total. The zero-order chi connectivity index (χ0) is 31.0. The second-order valence-electron chi connectivity index (χ2n) is 12.4. The first-order chi connectivity index (χ1) is 20.5. The molecule has 3 aromatic rings. The SMILES string of the molecule is Cc1cc(C[C@@H](C)C(=O)N[C@H](CCCCNC(=O)OC(C)(C)C)C(=O)N2CCN(c3ccncc3)CC2)cc2cn[nH]c12. The zero-order valence-electron chi connectivity index (χ0n) is 26.0. The van der Waals surface area contributed by atoms with E-state index in [4.69, 9.17) is 4.74 Å². The summed E-state index contributed by atoms with van der Waals surface area (Å²) >= 11 is 0. The largest absolute Gasteiger partial charge is 0.444 e. The van der Waals surface area contributed by atoms with Gasteiger partial charge in [0.2, 0.25) is 11.8 Å². The summed E-state index contributed by atoms with van der Waals surface area (Å²) in [7, 11) is 0. The molecular formula is C32H45N7O4. The second kappa shape index (κ2) is 14.3. The molecule has 1 aliphatic rings. The minimum Gasteiger partial charge on any atom is -0.444 e. The number of nitrogens with zero attached hydrogens (tertiary/aromatic N) is 4. The minimum atomic E-state index is -0.637. The van der Waals surface area contributed by atoms with Crippen molar-refractivity contribution in [3.8, 4) is 0 Å². The van der Waals surface area contributed by atoms with Crippen molar-refractivity contribution in [2.75, 3.05) is 37.6 Å². The van der Waals surface area contributed by atoms with Crippen LogP contribution in [0, 0.1) is 12.8 Å². The highest BCUT2D eigenvalue weighted by atomic mass is 16.6. The summed E-state index contributed by atoms with van der Waals surface area (Å²) in [5.41, 5.74) is 3.65. The number of anilines is 1. The van der Waals surface area contributed by atoms with Gasteiger partial charge in [0, 0.05) is 62.1 Å². The molecule has 1 aliphatic heterocycles. The third kappa shape index (κ3) is 9.17. The number of carbonyl (C=O) groups excluding carboxylic acids is 3. The molecule has 0 spiro atoms. The minimum absolute atomic E-state index is 0.0642. The summed E-state index contributed by atoms with van der Waals surface area (Å²) in [4.78, 5) is 47.3. The molecule has 11 heteroatoms. The van der Waals surface area contributed by atoms with Crippen LogP contribution in [0.4, 0.5) is 10.5 Å². The van der Waals surface area contributed by atoms with Gasteiger partial charge in [-0.05, 0) is 82.7 Å². The van der Waals surface area contributed by atoms with E-state index in [2.05, 4.69) is 42.8 Å². The van der Waals surface area contributed by atoms with Gasteiger partial charge < -0.3 is 25.2 Å². The summed E-state index contributed by atoms with van der Waals surface area (Å²) in [6.45, 7) is 12.4. The second-order valence-corrected chi connectivity index (χ2v) is 12.4. The summed E-state index contributed by atoms with van der Waals surface area (Å²) < 4.78 is 5.30. The molecule has 4 rings (SSSR count). The van der Waals surface area contributed by atoms with Crippen molar-refractivity contribution in [2.45, 2.75) is 71.9 Å². The third-order valence-electron chi connectivity index (χ3n) is 7.62. The van der Waals surface area contributed by atoms with Gasteiger partial charge in [-0.1, -0.05) is 13.0 Å². The maximum Gasteiger partial charge on any atom is 0.407 e. The molecule has 2 aromatic heterocycles. The fourth-order valence-corrected chi connectivity index (χ4v) is 5.39. The molecule has 1 saturated heterocycles. The van der Waals surface area contributed by atoms with Crippen LogP contribution in [0.3, 0.4) is 0 Å². The van der Waals surface area contributed by atoms with E-state index in [1.807, 2.05) is 51.7 Å². The van der Waals surface area contributed by atoms with E-state index < -0.39 is 17.7 Å². The Labute approximate surface area is 253 Å². The molecule has 0 saturated carbocycles. The Balaban J connectivity index is 1.35. The Kier molecular flexibility index (Phi) is 10.6. The Bertz CT molecular complexity index is 1380. The van der Waals surface area contributed by atoms with Gasteiger partial charge in [-0.25, -0.2) is 4.79 Å². The van der Waals surface area contributed by atoms with Gasteiger partial charge in [0.05, 0.1) is 11.7 Å². The Morgan fingerprint density at radius 1 is 1.07 bits per heavy atom. The lowest BCUT2D eigenvalue weighted by Gasteiger charge is -2.37. The molecule has 2 atom stereocenters. The number of aromatic nitrogens is 3. The number of amides is 3. The zero-order valence-corrected chi connectivity index (χ0v) is 26.0. The molecule has 0 radical (unpaired) electrons. The quantitative estimate of drug-likeness (QED) is 0.288. The van der Waals surface area contributed by atoms with Crippen LogP contribution in [0.15, 0.2) is 42.9 Å². The smallest absolute Gasteiger partial charge is 0.407 e. The number of alkyl carbamates (subject to hydrolysis) is 1. The van der Waals surface area contributed by atoms with E-state index in [0.717, 1.165) is 27.7 Å². The Morgan fingerprint density at radius 2 is 1.79 bits per heavy atom. The number of fused-ring (bicyclic) bond motifs is 1.